The lowest BCUT2D eigenvalue weighted by Gasteiger charge is -2.04. The SMILES string of the molecule is Cn1ccnc1SCc1ccc(C(=O)NCC(=O)OCC2CC2)o1. The summed E-state index contributed by atoms with van der Waals surface area (Å²) in [6, 6.07) is 3.34. The summed E-state index contributed by atoms with van der Waals surface area (Å²) >= 11 is 1.52. The number of aryl methyl sites for hydroxylation is 1. The van der Waals surface area contributed by atoms with E-state index in [-0.39, 0.29) is 12.3 Å². The number of carbonyl (C=O) groups is 2. The molecule has 1 aliphatic rings. The molecule has 1 fully saturated rings. The predicted molar refractivity (Wildman–Crippen MR) is 87.5 cm³/mol. The first-order valence-electron chi connectivity index (χ1n) is 7.74. The van der Waals surface area contributed by atoms with Crippen LogP contribution in [0.3, 0.4) is 0 Å². The lowest BCUT2D eigenvalue weighted by molar-refractivity contribution is -0.142. The number of amides is 1. The molecule has 0 unspecified atom stereocenters. The molecule has 2 aromatic heterocycles. The van der Waals surface area contributed by atoms with E-state index in [4.69, 9.17) is 9.15 Å². The minimum atomic E-state index is -0.424. The van der Waals surface area contributed by atoms with E-state index in [9.17, 15) is 9.59 Å². The van der Waals surface area contributed by atoms with Crippen LogP contribution in [-0.4, -0.2) is 34.6 Å². The van der Waals surface area contributed by atoms with Gasteiger partial charge in [0.1, 0.15) is 12.3 Å². The minimum absolute atomic E-state index is 0.149. The van der Waals surface area contributed by atoms with Crippen molar-refractivity contribution in [3.63, 3.8) is 0 Å². The normalized spacial score (nSPS) is 13.7. The summed E-state index contributed by atoms with van der Waals surface area (Å²) < 4.78 is 12.5. The molecule has 0 aliphatic heterocycles. The van der Waals surface area contributed by atoms with Gasteiger partial charge in [-0.3, -0.25) is 9.59 Å². The summed E-state index contributed by atoms with van der Waals surface area (Å²) in [5, 5.41) is 3.38. The van der Waals surface area contributed by atoms with Crippen LogP contribution < -0.4 is 5.32 Å². The van der Waals surface area contributed by atoms with Crippen LogP contribution in [-0.2, 0) is 22.3 Å². The second-order valence-corrected chi connectivity index (χ2v) is 6.63. The quantitative estimate of drug-likeness (QED) is 0.579. The molecule has 3 rings (SSSR count). The summed E-state index contributed by atoms with van der Waals surface area (Å²) in [5.74, 6) is 1.08. The third kappa shape index (κ3) is 4.64. The number of imidazole rings is 1. The molecule has 1 aliphatic carbocycles. The molecule has 0 saturated heterocycles. The number of thioether (sulfide) groups is 1. The largest absolute Gasteiger partial charge is 0.464 e. The van der Waals surface area contributed by atoms with Crippen molar-refractivity contribution in [3.05, 3.63) is 36.0 Å². The molecule has 0 atom stereocenters. The highest BCUT2D eigenvalue weighted by Crippen LogP contribution is 2.28. The fourth-order valence-electron chi connectivity index (χ4n) is 1.99. The van der Waals surface area contributed by atoms with Gasteiger partial charge in [0.2, 0.25) is 0 Å². The van der Waals surface area contributed by atoms with Crippen molar-refractivity contribution >= 4 is 23.6 Å². The Bertz CT molecular complexity index is 720. The zero-order chi connectivity index (χ0) is 16.9. The van der Waals surface area contributed by atoms with Crippen molar-refractivity contribution in [1.82, 2.24) is 14.9 Å². The van der Waals surface area contributed by atoms with Gasteiger partial charge in [-0.15, -0.1) is 0 Å². The highest BCUT2D eigenvalue weighted by atomic mass is 32.2. The molecule has 0 radical (unpaired) electrons. The van der Waals surface area contributed by atoms with Crippen LogP contribution in [0.4, 0.5) is 0 Å². The lowest BCUT2D eigenvalue weighted by Crippen LogP contribution is -2.30. The zero-order valence-corrected chi connectivity index (χ0v) is 14.2. The molecule has 2 heterocycles. The Kier molecular flexibility index (Phi) is 5.24. The van der Waals surface area contributed by atoms with Crippen molar-refractivity contribution < 1.29 is 18.7 Å². The van der Waals surface area contributed by atoms with Crippen LogP contribution >= 0.6 is 11.8 Å². The van der Waals surface area contributed by atoms with Crippen LogP contribution in [0, 0.1) is 5.92 Å². The molecule has 1 saturated carbocycles. The van der Waals surface area contributed by atoms with Gasteiger partial charge < -0.3 is 19.0 Å². The molecule has 1 N–H and O–H groups in total. The van der Waals surface area contributed by atoms with Crippen LogP contribution in [0.1, 0.15) is 29.2 Å². The van der Waals surface area contributed by atoms with Crippen molar-refractivity contribution in [2.45, 2.75) is 23.8 Å². The number of aromatic nitrogens is 2. The van der Waals surface area contributed by atoms with Gasteiger partial charge in [0.25, 0.3) is 5.91 Å². The molecule has 8 heteroatoms. The number of hydrogen-bond donors (Lipinski definition) is 1. The number of esters is 1. The Morgan fingerprint density at radius 3 is 3.00 bits per heavy atom. The van der Waals surface area contributed by atoms with Crippen molar-refractivity contribution in [1.29, 1.82) is 0 Å². The Labute approximate surface area is 143 Å². The Hall–Kier alpha value is -2.22. The lowest BCUT2D eigenvalue weighted by atomic mass is 10.4. The van der Waals surface area contributed by atoms with Gasteiger partial charge in [-0.2, -0.15) is 0 Å². The maximum absolute atomic E-state index is 12.0. The number of carbonyl (C=O) groups excluding carboxylic acids is 2. The van der Waals surface area contributed by atoms with E-state index in [1.54, 1.807) is 18.3 Å². The number of ether oxygens (including phenoxy) is 1. The van der Waals surface area contributed by atoms with Crippen molar-refractivity contribution in [3.8, 4) is 0 Å². The van der Waals surface area contributed by atoms with Crippen LogP contribution in [0.2, 0.25) is 0 Å². The third-order valence-corrected chi connectivity index (χ3v) is 4.66. The molecule has 7 nitrogen and oxygen atoms in total. The fourth-order valence-corrected chi connectivity index (χ4v) is 2.82. The molecular formula is C16H19N3O4S. The second-order valence-electron chi connectivity index (χ2n) is 5.68. The van der Waals surface area contributed by atoms with Crippen LogP contribution in [0.15, 0.2) is 34.1 Å². The van der Waals surface area contributed by atoms with E-state index < -0.39 is 11.9 Å². The van der Waals surface area contributed by atoms with Gasteiger partial charge in [0, 0.05) is 19.4 Å². The number of nitrogens with zero attached hydrogens (tertiary/aromatic N) is 2. The molecule has 128 valence electrons. The second kappa shape index (κ2) is 7.57. The molecule has 2 aromatic rings. The van der Waals surface area contributed by atoms with Gasteiger partial charge in [-0.1, -0.05) is 11.8 Å². The zero-order valence-electron chi connectivity index (χ0n) is 13.4. The summed E-state index contributed by atoms with van der Waals surface area (Å²) in [6.07, 6.45) is 5.83. The van der Waals surface area contributed by atoms with Gasteiger partial charge in [0.15, 0.2) is 10.9 Å². The predicted octanol–water partition coefficient (Wildman–Crippen LogP) is 1.99. The molecule has 24 heavy (non-hydrogen) atoms. The third-order valence-electron chi connectivity index (χ3n) is 3.58. The van der Waals surface area contributed by atoms with E-state index in [1.807, 2.05) is 17.8 Å². The van der Waals surface area contributed by atoms with Gasteiger partial charge in [-0.05, 0) is 30.9 Å². The van der Waals surface area contributed by atoms with Gasteiger partial charge in [-0.25, -0.2) is 4.98 Å². The van der Waals surface area contributed by atoms with E-state index in [2.05, 4.69) is 10.3 Å². The fraction of sp³-hybridized carbons (Fsp3) is 0.438. The topological polar surface area (TPSA) is 86.4 Å². The standard InChI is InChI=1S/C16H19N3O4S/c1-19-7-6-17-16(19)24-10-12-4-5-13(23-12)15(21)18-8-14(20)22-9-11-2-3-11/h4-7,11H,2-3,8-10H2,1H3,(H,18,21). The Balaban J connectivity index is 1.42. The van der Waals surface area contributed by atoms with Gasteiger partial charge in [0.05, 0.1) is 12.4 Å². The maximum atomic E-state index is 12.0. The summed E-state index contributed by atoms with van der Waals surface area (Å²) in [5.41, 5.74) is 0. The Morgan fingerprint density at radius 2 is 2.29 bits per heavy atom. The highest BCUT2D eigenvalue weighted by Gasteiger charge is 2.23. The first kappa shape index (κ1) is 16.6. The Morgan fingerprint density at radius 1 is 1.46 bits per heavy atom. The van der Waals surface area contributed by atoms with Crippen LogP contribution in [0.5, 0.6) is 0 Å². The first-order chi connectivity index (χ1) is 11.6. The first-order valence-corrected chi connectivity index (χ1v) is 8.73. The smallest absolute Gasteiger partial charge is 0.325 e. The highest BCUT2D eigenvalue weighted by molar-refractivity contribution is 7.98. The van der Waals surface area contributed by atoms with Crippen molar-refractivity contribution in [2.75, 3.05) is 13.2 Å². The van der Waals surface area contributed by atoms with E-state index in [0.717, 1.165) is 18.0 Å². The molecule has 1 amide bonds. The van der Waals surface area contributed by atoms with E-state index in [1.165, 1.54) is 11.8 Å². The average molecular weight is 349 g/mol. The molecule has 0 spiro atoms. The molecule has 0 bridgehead atoms. The monoisotopic (exact) mass is 349 g/mol. The minimum Gasteiger partial charge on any atom is -0.464 e. The van der Waals surface area contributed by atoms with E-state index in [0.29, 0.717) is 24.0 Å². The van der Waals surface area contributed by atoms with Crippen molar-refractivity contribution in [2.24, 2.45) is 13.0 Å². The number of rotatable bonds is 8. The number of nitrogens with one attached hydrogen (secondary N) is 1. The van der Waals surface area contributed by atoms with Crippen LogP contribution in [0.25, 0.3) is 0 Å². The molecular weight excluding hydrogens is 330 g/mol. The molecule has 0 aromatic carbocycles. The summed E-state index contributed by atoms with van der Waals surface area (Å²) in [6.45, 7) is 0.299. The van der Waals surface area contributed by atoms with Gasteiger partial charge >= 0.3 is 5.97 Å². The summed E-state index contributed by atoms with van der Waals surface area (Å²) in [4.78, 5) is 27.7. The van der Waals surface area contributed by atoms with E-state index >= 15 is 0 Å². The summed E-state index contributed by atoms with van der Waals surface area (Å²) in [7, 11) is 1.92. The number of hydrogen-bond acceptors (Lipinski definition) is 6. The maximum Gasteiger partial charge on any atom is 0.325 e. The average Bonchev–Trinajstić information content (AvgIpc) is 3.13. The number of furan rings is 1.